The molecule has 1 amide bonds. The number of hydrogen-bond acceptors (Lipinski definition) is 5. The van der Waals surface area contributed by atoms with Crippen LogP contribution in [-0.2, 0) is 27.2 Å². The van der Waals surface area contributed by atoms with Crippen molar-refractivity contribution in [2.45, 2.75) is 58.3 Å². The van der Waals surface area contributed by atoms with Crippen LogP contribution in [-0.4, -0.2) is 29.6 Å². The van der Waals surface area contributed by atoms with E-state index in [1.165, 1.54) is 17.8 Å². The van der Waals surface area contributed by atoms with E-state index in [2.05, 4.69) is 5.32 Å². The minimum atomic E-state index is -0.964. The van der Waals surface area contributed by atoms with Crippen molar-refractivity contribution in [2.75, 3.05) is 11.9 Å². The zero-order chi connectivity index (χ0) is 20.1. The number of carbonyl (C=O) groups excluding carboxylic acids is 2. The van der Waals surface area contributed by atoms with Crippen LogP contribution in [0.5, 0.6) is 0 Å². The molecule has 2 N–H and O–H groups in total. The van der Waals surface area contributed by atoms with Crippen LogP contribution in [0.4, 0.5) is 5.00 Å². The third-order valence-electron chi connectivity index (χ3n) is 5.47. The van der Waals surface area contributed by atoms with E-state index in [9.17, 15) is 19.5 Å². The number of anilines is 1. The van der Waals surface area contributed by atoms with Gasteiger partial charge in [-0.25, -0.2) is 4.79 Å². The SMILES string of the molecule is CCOC(=O)c1c(NC(=O)[C@H]2CC=CC[C@@H]2C(=O)O)sc2c1CCCCCC2. The van der Waals surface area contributed by atoms with Gasteiger partial charge in [-0.05, 0) is 51.0 Å². The van der Waals surface area contributed by atoms with Gasteiger partial charge in [0, 0.05) is 4.88 Å². The maximum Gasteiger partial charge on any atom is 0.341 e. The highest BCUT2D eigenvalue weighted by molar-refractivity contribution is 7.17. The molecular formula is C21H27NO5S. The van der Waals surface area contributed by atoms with Gasteiger partial charge in [0.05, 0.1) is 24.0 Å². The van der Waals surface area contributed by atoms with E-state index in [0.29, 0.717) is 23.4 Å². The van der Waals surface area contributed by atoms with Gasteiger partial charge in [-0.2, -0.15) is 0 Å². The predicted molar refractivity (Wildman–Crippen MR) is 108 cm³/mol. The number of ether oxygens (including phenoxy) is 1. The fraction of sp³-hybridized carbons (Fsp3) is 0.571. The summed E-state index contributed by atoms with van der Waals surface area (Å²) in [6, 6.07) is 0. The van der Waals surface area contributed by atoms with Crippen molar-refractivity contribution in [3.8, 4) is 0 Å². The Labute approximate surface area is 169 Å². The molecule has 0 unspecified atom stereocenters. The van der Waals surface area contributed by atoms with Crippen LogP contribution in [0, 0.1) is 11.8 Å². The summed E-state index contributed by atoms with van der Waals surface area (Å²) in [7, 11) is 0. The molecule has 6 nitrogen and oxygen atoms in total. The smallest absolute Gasteiger partial charge is 0.341 e. The van der Waals surface area contributed by atoms with Gasteiger partial charge in [0.1, 0.15) is 5.00 Å². The van der Waals surface area contributed by atoms with Crippen molar-refractivity contribution < 1.29 is 24.2 Å². The first-order valence-corrected chi connectivity index (χ1v) is 10.8. The van der Waals surface area contributed by atoms with Crippen molar-refractivity contribution in [3.63, 3.8) is 0 Å². The second-order valence-corrected chi connectivity index (χ2v) is 8.43. The summed E-state index contributed by atoms with van der Waals surface area (Å²) in [5.41, 5.74) is 1.46. The molecule has 0 saturated heterocycles. The number of aryl methyl sites for hydroxylation is 1. The lowest BCUT2D eigenvalue weighted by atomic mass is 9.82. The molecule has 152 valence electrons. The Hall–Kier alpha value is -2.15. The molecule has 0 aromatic carbocycles. The minimum absolute atomic E-state index is 0.269. The lowest BCUT2D eigenvalue weighted by Gasteiger charge is -2.24. The number of allylic oxidation sites excluding steroid dienone is 2. The van der Waals surface area contributed by atoms with Crippen LogP contribution < -0.4 is 5.32 Å². The Morgan fingerprint density at radius 1 is 1.11 bits per heavy atom. The lowest BCUT2D eigenvalue weighted by molar-refractivity contribution is -0.146. The molecule has 0 fully saturated rings. The fourth-order valence-electron chi connectivity index (χ4n) is 4.01. The number of carbonyl (C=O) groups is 3. The first-order valence-electron chi connectivity index (χ1n) is 10.0. The van der Waals surface area contributed by atoms with Gasteiger partial charge in [0.15, 0.2) is 0 Å². The second-order valence-electron chi connectivity index (χ2n) is 7.33. The van der Waals surface area contributed by atoms with Gasteiger partial charge in [-0.1, -0.05) is 25.0 Å². The molecule has 0 aliphatic heterocycles. The monoisotopic (exact) mass is 405 g/mol. The number of nitrogens with one attached hydrogen (secondary N) is 1. The van der Waals surface area contributed by atoms with Gasteiger partial charge in [-0.3, -0.25) is 9.59 Å². The van der Waals surface area contributed by atoms with Gasteiger partial charge < -0.3 is 15.2 Å². The van der Waals surface area contributed by atoms with Crippen molar-refractivity contribution in [3.05, 3.63) is 28.2 Å². The van der Waals surface area contributed by atoms with E-state index < -0.39 is 23.8 Å². The number of rotatable bonds is 5. The summed E-state index contributed by atoms with van der Waals surface area (Å²) < 4.78 is 5.26. The molecule has 0 bridgehead atoms. The molecule has 0 spiro atoms. The Balaban J connectivity index is 1.90. The van der Waals surface area contributed by atoms with E-state index in [4.69, 9.17) is 4.74 Å². The molecule has 1 heterocycles. The quantitative estimate of drug-likeness (QED) is 0.566. The van der Waals surface area contributed by atoms with Crippen LogP contribution in [0.15, 0.2) is 12.2 Å². The third kappa shape index (κ3) is 4.46. The Bertz CT molecular complexity index is 782. The van der Waals surface area contributed by atoms with Crippen LogP contribution in [0.2, 0.25) is 0 Å². The molecule has 0 radical (unpaired) electrons. The molecule has 2 aliphatic carbocycles. The van der Waals surface area contributed by atoms with Gasteiger partial charge in [0.2, 0.25) is 5.91 Å². The van der Waals surface area contributed by atoms with Crippen LogP contribution >= 0.6 is 11.3 Å². The minimum Gasteiger partial charge on any atom is -0.481 e. The van der Waals surface area contributed by atoms with Crippen LogP contribution in [0.25, 0.3) is 0 Å². The summed E-state index contributed by atoms with van der Waals surface area (Å²) in [5, 5.41) is 12.8. The largest absolute Gasteiger partial charge is 0.481 e. The van der Waals surface area contributed by atoms with Crippen molar-refractivity contribution in [1.29, 1.82) is 0 Å². The maximum atomic E-state index is 12.9. The number of aliphatic carboxylic acids is 1. The number of carboxylic acid groups (broad SMARTS) is 1. The number of esters is 1. The highest BCUT2D eigenvalue weighted by atomic mass is 32.1. The zero-order valence-electron chi connectivity index (χ0n) is 16.2. The molecule has 2 aliphatic rings. The first kappa shape index (κ1) is 20.6. The molecule has 0 saturated carbocycles. The van der Waals surface area contributed by atoms with E-state index >= 15 is 0 Å². The Morgan fingerprint density at radius 3 is 2.46 bits per heavy atom. The summed E-state index contributed by atoms with van der Waals surface area (Å²) in [6.07, 6.45) is 10.5. The number of fused-ring (bicyclic) bond motifs is 1. The second kappa shape index (κ2) is 9.37. The normalized spacial score (nSPS) is 21.9. The standard InChI is InChI=1S/C21H27NO5S/c1-2-27-21(26)17-15-11-5-3-4-6-12-16(15)28-19(17)22-18(23)13-9-7-8-10-14(13)20(24)25/h7-8,13-14H,2-6,9-12H2,1H3,(H,22,23)(H,24,25)/t13-,14-/m0/s1. The van der Waals surface area contributed by atoms with Gasteiger partial charge in [-0.15, -0.1) is 11.3 Å². The third-order valence-corrected chi connectivity index (χ3v) is 6.68. The summed E-state index contributed by atoms with van der Waals surface area (Å²) >= 11 is 1.44. The zero-order valence-corrected chi connectivity index (χ0v) is 17.0. The van der Waals surface area contributed by atoms with Crippen LogP contribution in [0.1, 0.15) is 66.2 Å². The first-order chi connectivity index (χ1) is 13.5. The topological polar surface area (TPSA) is 92.7 Å². The predicted octanol–water partition coefficient (Wildman–Crippen LogP) is 4.19. The molecule has 1 aromatic rings. The van der Waals surface area contributed by atoms with E-state index in [0.717, 1.165) is 42.5 Å². The number of thiophene rings is 1. The van der Waals surface area contributed by atoms with Gasteiger partial charge >= 0.3 is 11.9 Å². The summed E-state index contributed by atoms with van der Waals surface area (Å²) in [4.78, 5) is 38.2. The van der Waals surface area contributed by atoms with Gasteiger partial charge in [0.25, 0.3) is 0 Å². The van der Waals surface area contributed by atoms with Crippen LogP contribution in [0.3, 0.4) is 0 Å². The van der Waals surface area contributed by atoms with E-state index in [1.54, 1.807) is 6.92 Å². The Morgan fingerprint density at radius 2 is 1.79 bits per heavy atom. The van der Waals surface area contributed by atoms with E-state index in [-0.39, 0.29) is 12.5 Å². The molecule has 3 rings (SSSR count). The van der Waals surface area contributed by atoms with Crippen molar-refractivity contribution in [2.24, 2.45) is 11.8 Å². The summed E-state index contributed by atoms with van der Waals surface area (Å²) in [6.45, 7) is 2.03. The molecule has 7 heteroatoms. The molecule has 1 aromatic heterocycles. The molecule has 28 heavy (non-hydrogen) atoms. The highest BCUT2D eigenvalue weighted by Crippen LogP contribution is 2.38. The molecule has 2 atom stereocenters. The van der Waals surface area contributed by atoms with Crippen molar-refractivity contribution >= 4 is 34.2 Å². The highest BCUT2D eigenvalue weighted by Gasteiger charge is 2.35. The fourth-order valence-corrected chi connectivity index (χ4v) is 5.29. The summed E-state index contributed by atoms with van der Waals surface area (Å²) in [5.74, 6) is -3.08. The molecular weight excluding hydrogens is 378 g/mol. The maximum absolute atomic E-state index is 12.9. The number of carboxylic acids is 1. The Kier molecular flexibility index (Phi) is 6.88. The average molecular weight is 406 g/mol. The van der Waals surface area contributed by atoms with E-state index in [1.807, 2.05) is 12.2 Å². The number of amides is 1. The lowest BCUT2D eigenvalue weighted by Crippen LogP contribution is -2.34. The van der Waals surface area contributed by atoms with Crippen molar-refractivity contribution in [1.82, 2.24) is 0 Å². The number of hydrogen-bond donors (Lipinski definition) is 2. The average Bonchev–Trinajstić information content (AvgIpc) is 2.98.